The molecule has 146 valence electrons. The first-order valence-electron chi connectivity index (χ1n) is 9.66. The van der Waals surface area contributed by atoms with Crippen molar-refractivity contribution < 1.29 is 14.3 Å². The molecule has 2 aliphatic heterocycles. The first-order valence-corrected chi connectivity index (χ1v) is 9.66. The summed E-state index contributed by atoms with van der Waals surface area (Å²) in [4.78, 5) is 31.1. The van der Waals surface area contributed by atoms with Crippen LogP contribution in [0.4, 0.5) is 17.2 Å². The maximum Gasteiger partial charge on any atom is 0.227 e. The number of rotatable bonds is 5. The van der Waals surface area contributed by atoms with Crippen LogP contribution in [0.1, 0.15) is 18.4 Å². The molecule has 0 saturated carbocycles. The second kappa shape index (κ2) is 8.39. The summed E-state index contributed by atoms with van der Waals surface area (Å²) in [7, 11) is 0. The molecule has 28 heavy (non-hydrogen) atoms. The summed E-state index contributed by atoms with van der Waals surface area (Å²) in [5, 5.41) is 5.80. The Bertz CT molecular complexity index is 847. The second-order valence-corrected chi connectivity index (χ2v) is 7.14. The Morgan fingerprint density at radius 1 is 1.21 bits per heavy atom. The number of nitrogens with one attached hydrogen (secondary N) is 2. The van der Waals surface area contributed by atoms with Gasteiger partial charge in [0, 0.05) is 31.1 Å². The molecule has 1 aromatic heterocycles. The van der Waals surface area contributed by atoms with Crippen molar-refractivity contribution in [1.82, 2.24) is 4.98 Å². The Hall–Kier alpha value is -2.93. The molecule has 2 aliphatic rings. The van der Waals surface area contributed by atoms with Crippen molar-refractivity contribution >= 4 is 29.0 Å². The van der Waals surface area contributed by atoms with Crippen LogP contribution in [0.3, 0.4) is 0 Å². The lowest BCUT2D eigenvalue weighted by molar-refractivity contribution is -0.121. The number of fused-ring (bicyclic) bond motifs is 1. The van der Waals surface area contributed by atoms with Gasteiger partial charge in [-0.1, -0.05) is 18.2 Å². The molecule has 7 heteroatoms. The Labute approximate surface area is 164 Å². The highest BCUT2D eigenvalue weighted by molar-refractivity contribution is 5.96. The van der Waals surface area contributed by atoms with Crippen molar-refractivity contribution in [3.05, 3.63) is 48.2 Å². The zero-order valence-electron chi connectivity index (χ0n) is 15.7. The number of benzene rings is 1. The Morgan fingerprint density at radius 2 is 2.04 bits per heavy atom. The number of carbonyl (C=O) groups excluding carboxylic acids is 2. The lowest BCUT2D eigenvalue weighted by Crippen LogP contribution is -2.36. The van der Waals surface area contributed by atoms with Gasteiger partial charge in [-0.2, -0.15) is 0 Å². The number of nitrogens with zero attached hydrogens (tertiary/aromatic N) is 2. The fourth-order valence-electron chi connectivity index (χ4n) is 3.61. The molecule has 0 bridgehead atoms. The fraction of sp³-hybridized carbons (Fsp3) is 0.381. The van der Waals surface area contributed by atoms with Gasteiger partial charge in [-0.15, -0.1) is 0 Å². The number of pyridine rings is 1. The largest absolute Gasteiger partial charge is 0.378 e. The van der Waals surface area contributed by atoms with Gasteiger partial charge in [-0.3, -0.25) is 9.59 Å². The summed E-state index contributed by atoms with van der Waals surface area (Å²) in [6.45, 7) is 3.06. The molecule has 0 aliphatic carbocycles. The second-order valence-electron chi connectivity index (χ2n) is 7.14. The standard InChI is InChI=1S/C21H24N4O3/c26-20(8-5-16-13-15-3-1-2-4-18(15)24-21(16)27)23-17-6-7-19(22-14-17)25-9-11-28-12-10-25/h1-4,6-7,14,16H,5,8-13H2,(H,23,26)(H,24,27). The van der Waals surface area contributed by atoms with Crippen LogP contribution in [0.25, 0.3) is 0 Å². The quantitative estimate of drug-likeness (QED) is 0.832. The minimum atomic E-state index is -0.178. The Morgan fingerprint density at radius 3 is 2.82 bits per heavy atom. The van der Waals surface area contributed by atoms with E-state index in [-0.39, 0.29) is 17.7 Å². The van der Waals surface area contributed by atoms with Gasteiger partial charge in [0.25, 0.3) is 0 Å². The van der Waals surface area contributed by atoms with Gasteiger partial charge in [-0.25, -0.2) is 4.98 Å². The molecule has 3 heterocycles. The van der Waals surface area contributed by atoms with Crippen LogP contribution in [0.15, 0.2) is 42.6 Å². The fourth-order valence-corrected chi connectivity index (χ4v) is 3.61. The van der Waals surface area contributed by atoms with Crippen LogP contribution >= 0.6 is 0 Å². The van der Waals surface area contributed by atoms with Crippen LogP contribution in [0, 0.1) is 5.92 Å². The third-order valence-corrected chi connectivity index (χ3v) is 5.20. The molecular formula is C21H24N4O3. The Balaban J connectivity index is 1.28. The molecule has 7 nitrogen and oxygen atoms in total. The van der Waals surface area contributed by atoms with E-state index in [1.807, 2.05) is 36.4 Å². The monoisotopic (exact) mass is 380 g/mol. The summed E-state index contributed by atoms with van der Waals surface area (Å²) in [6.07, 6.45) is 3.16. The summed E-state index contributed by atoms with van der Waals surface area (Å²) >= 11 is 0. The average Bonchev–Trinajstić information content (AvgIpc) is 2.73. The number of anilines is 3. The topological polar surface area (TPSA) is 83.6 Å². The highest BCUT2D eigenvalue weighted by Crippen LogP contribution is 2.27. The van der Waals surface area contributed by atoms with Gasteiger partial charge >= 0.3 is 0 Å². The molecule has 2 aromatic rings. The molecule has 1 fully saturated rings. The summed E-state index contributed by atoms with van der Waals surface area (Å²) in [5.41, 5.74) is 2.66. The zero-order valence-corrected chi connectivity index (χ0v) is 15.7. The lowest BCUT2D eigenvalue weighted by atomic mass is 9.89. The maximum atomic E-state index is 12.3. The molecule has 1 aromatic carbocycles. The summed E-state index contributed by atoms with van der Waals surface area (Å²) < 4.78 is 5.35. The SMILES string of the molecule is O=C(CCC1Cc2ccccc2NC1=O)Nc1ccc(N2CCOCC2)nc1. The Kier molecular flexibility index (Phi) is 5.53. The lowest BCUT2D eigenvalue weighted by Gasteiger charge is -2.27. The smallest absolute Gasteiger partial charge is 0.227 e. The maximum absolute atomic E-state index is 12.3. The van der Waals surface area contributed by atoms with Gasteiger partial charge in [-0.05, 0) is 36.6 Å². The van der Waals surface area contributed by atoms with E-state index in [4.69, 9.17) is 4.74 Å². The van der Waals surface area contributed by atoms with E-state index in [0.29, 0.717) is 38.2 Å². The highest BCUT2D eigenvalue weighted by atomic mass is 16.5. The molecule has 1 saturated heterocycles. The van der Waals surface area contributed by atoms with Gasteiger partial charge < -0.3 is 20.3 Å². The normalized spacial score (nSPS) is 18.9. The number of hydrogen-bond acceptors (Lipinski definition) is 5. The van der Waals surface area contributed by atoms with E-state index in [9.17, 15) is 9.59 Å². The molecule has 2 N–H and O–H groups in total. The zero-order chi connectivity index (χ0) is 19.3. The van der Waals surface area contributed by atoms with Crippen LogP contribution in [-0.4, -0.2) is 43.1 Å². The number of morpholine rings is 1. The van der Waals surface area contributed by atoms with Crippen molar-refractivity contribution in [2.45, 2.75) is 19.3 Å². The highest BCUT2D eigenvalue weighted by Gasteiger charge is 2.26. The van der Waals surface area contributed by atoms with Crippen molar-refractivity contribution in [3.63, 3.8) is 0 Å². The first kappa shape index (κ1) is 18.4. The van der Waals surface area contributed by atoms with E-state index in [1.54, 1.807) is 6.20 Å². The molecule has 1 atom stereocenters. The van der Waals surface area contributed by atoms with Crippen LogP contribution in [-0.2, 0) is 20.7 Å². The number of para-hydroxylation sites is 1. The number of aromatic nitrogens is 1. The summed E-state index contributed by atoms with van der Waals surface area (Å²) in [6, 6.07) is 11.6. The van der Waals surface area contributed by atoms with E-state index in [1.165, 1.54) is 0 Å². The van der Waals surface area contributed by atoms with E-state index in [2.05, 4.69) is 20.5 Å². The number of carbonyl (C=O) groups is 2. The molecular weight excluding hydrogens is 356 g/mol. The van der Waals surface area contributed by atoms with Crippen LogP contribution in [0.2, 0.25) is 0 Å². The van der Waals surface area contributed by atoms with Crippen molar-refractivity contribution in [2.24, 2.45) is 5.92 Å². The van der Waals surface area contributed by atoms with Crippen molar-refractivity contribution in [3.8, 4) is 0 Å². The third-order valence-electron chi connectivity index (χ3n) is 5.20. The van der Waals surface area contributed by atoms with Gasteiger partial charge in [0.1, 0.15) is 5.82 Å². The molecule has 0 radical (unpaired) electrons. The number of hydrogen-bond donors (Lipinski definition) is 2. The van der Waals surface area contributed by atoms with E-state index >= 15 is 0 Å². The predicted molar refractivity (Wildman–Crippen MR) is 107 cm³/mol. The molecule has 0 spiro atoms. The molecule has 2 amide bonds. The molecule has 4 rings (SSSR count). The average molecular weight is 380 g/mol. The van der Waals surface area contributed by atoms with Gasteiger partial charge in [0.15, 0.2) is 0 Å². The third kappa shape index (κ3) is 4.31. The van der Waals surface area contributed by atoms with Crippen molar-refractivity contribution in [2.75, 3.05) is 41.8 Å². The van der Waals surface area contributed by atoms with E-state index in [0.717, 1.165) is 30.2 Å². The summed E-state index contributed by atoms with van der Waals surface area (Å²) in [5.74, 6) is 0.594. The van der Waals surface area contributed by atoms with E-state index < -0.39 is 0 Å². The van der Waals surface area contributed by atoms with Crippen LogP contribution < -0.4 is 15.5 Å². The van der Waals surface area contributed by atoms with Gasteiger partial charge in [0.05, 0.1) is 25.1 Å². The number of ether oxygens (including phenoxy) is 1. The van der Waals surface area contributed by atoms with Crippen LogP contribution in [0.5, 0.6) is 0 Å². The molecule has 1 unspecified atom stereocenters. The number of amides is 2. The minimum Gasteiger partial charge on any atom is -0.378 e. The minimum absolute atomic E-state index is 0.0111. The van der Waals surface area contributed by atoms with Crippen molar-refractivity contribution in [1.29, 1.82) is 0 Å². The van der Waals surface area contributed by atoms with Gasteiger partial charge in [0.2, 0.25) is 11.8 Å². The first-order chi connectivity index (χ1) is 13.7. The predicted octanol–water partition coefficient (Wildman–Crippen LogP) is 2.45.